The molecule has 1 aromatic heterocycles. The summed E-state index contributed by atoms with van der Waals surface area (Å²) in [5.41, 5.74) is 1.42. The number of benzene rings is 1. The van der Waals surface area contributed by atoms with Gasteiger partial charge >= 0.3 is 11.8 Å². The number of thiophene rings is 1. The zero-order valence-corrected chi connectivity index (χ0v) is 13.7. The Labute approximate surface area is 142 Å². The molecule has 2 N–H and O–H groups in total. The van der Waals surface area contributed by atoms with Crippen LogP contribution in [0.3, 0.4) is 0 Å². The minimum atomic E-state index is -0.756. The highest BCUT2D eigenvalue weighted by Gasteiger charge is 2.19. The van der Waals surface area contributed by atoms with E-state index in [9.17, 15) is 9.59 Å². The molecule has 8 heteroatoms. The second kappa shape index (κ2) is 7.33. The number of hydrogen-bond acceptors (Lipinski definition) is 6. The number of carbonyl (C=O) groups is 2. The van der Waals surface area contributed by atoms with Crippen molar-refractivity contribution in [3.8, 4) is 11.5 Å². The number of nitrogens with one attached hydrogen (secondary N) is 2. The van der Waals surface area contributed by atoms with Crippen molar-refractivity contribution in [1.29, 1.82) is 0 Å². The molecule has 0 aliphatic carbocycles. The summed E-state index contributed by atoms with van der Waals surface area (Å²) < 4.78 is 15.7. The zero-order chi connectivity index (χ0) is 16.9. The molecule has 2 heterocycles. The number of rotatable bonds is 5. The van der Waals surface area contributed by atoms with Gasteiger partial charge in [0.2, 0.25) is 6.79 Å². The largest absolute Gasteiger partial charge is 0.454 e. The van der Waals surface area contributed by atoms with E-state index in [-0.39, 0.29) is 19.4 Å². The molecule has 3 rings (SSSR count). The molecule has 0 unspecified atom stereocenters. The van der Waals surface area contributed by atoms with Crippen molar-refractivity contribution in [1.82, 2.24) is 5.32 Å². The third kappa shape index (κ3) is 3.66. The van der Waals surface area contributed by atoms with Crippen molar-refractivity contribution in [3.05, 3.63) is 40.6 Å². The molecule has 7 nitrogen and oxygen atoms in total. The Kier molecular flexibility index (Phi) is 4.97. The Morgan fingerprint density at radius 3 is 2.83 bits per heavy atom. The molecule has 0 spiro atoms. The van der Waals surface area contributed by atoms with Gasteiger partial charge < -0.3 is 24.8 Å². The molecular weight excluding hydrogens is 332 g/mol. The van der Waals surface area contributed by atoms with E-state index in [1.807, 2.05) is 16.8 Å². The third-order valence-corrected chi connectivity index (χ3v) is 4.19. The van der Waals surface area contributed by atoms with E-state index >= 15 is 0 Å². The van der Waals surface area contributed by atoms with Gasteiger partial charge in [0.1, 0.15) is 6.10 Å². The molecule has 1 aromatic carbocycles. The van der Waals surface area contributed by atoms with Gasteiger partial charge in [-0.1, -0.05) is 0 Å². The van der Waals surface area contributed by atoms with Crippen LogP contribution in [0.25, 0.3) is 0 Å². The van der Waals surface area contributed by atoms with Crippen molar-refractivity contribution < 1.29 is 23.8 Å². The van der Waals surface area contributed by atoms with Crippen molar-refractivity contribution in [3.63, 3.8) is 0 Å². The molecule has 1 aliphatic heterocycles. The van der Waals surface area contributed by atoms with Crippen LogP contribution in [0.1, 0.15) is 11.7 Å². The van der Waals surface area contributed by atoms with Crippen LogP contribution in [0.4, 0.5) is 5.69 Å². The van der Waals surface area contributed by atoms with E-state index in [0.717, 1.165) is 5.56 Å². The number of carbonyl (C=O) groups excluding carboxylic acids is 2. The SMILES string of the molecule is CO[C@H](CNC(=O)C(=O)Nc1ccc2c(c1)OCO2)c1ccsc1. The van der Waals surface area contributed by atoms with Crippen molar-refractivity contribution in [2.75, 3.05) is 25.8 Å². The Balaban J connectivity index is 1.54. The maximum Gasteiger partial charge on any atom is 0.313 e. The summed E-state index contributed by atoms with van der Waals surface area (Å²) in [5.74, 6) is -0.347. The van der Waals surface area contributed by atoms with Crippen molar-refractivity contribution in [2.45, 2.75) is 6.10 Å². The third-order valence-electron chi connectivity index (χ3n) is 3.48. The molecular formula is C16H16N2O5S. The van der Waals surface area contributed by atoms with Gasteiger partial charge in [-0.2, -0.15) is 11.3 Å². The molecule has 0 saturated heterocycles. The quantitative estimate of drug-likeness (QED) is 0.807. The minimum Gasteiger partial charge on any atom is -0.454 e. The molecule has 0 radical (unpaired) electrons. The highest BCUT2D eigenvalue weighted by Crippen LogP contribution is 2.34. The molecule has 1 atom stereocenters. The summed E-state index contributed by atoms with van der Waals surface area (Å²) in [6.07, 6.45) is -0.293. The van der Waals surface area contributed by atoms with Crippen molar-refractivity contribution >= 4 is 28.8 Å². The molecule has 2 amide bonds. The van der Waals surface area contributed by atoms with Crippen LogP contribution in [0.2, 0.25) is 0 Å². The number of hydrogen-bond donors (Lipinski definition) is 2. The summed E-state index contributed by atoms with van der Waals surface area (Å²) in [4.78, 5) is 23.9. The monoisotopic (exact) mass is 348 g/mol. The van der Waals surface area contributed by atoms with E-state index in [1.54, 1.807) is 36.6 Å². The van der Waals surface area contributed by atoms with Gasteiger partial charge in [0, 0.05) is 25.4 Å². The maximum atomic E-state index is 12.0. The lowest BCUT2D eigenvalue weighted by Crippen LogP contribution is -2.37. The van der Waals surface area contributed by atoms with Gasteiger partial charge in [0.15, 0.2) is 11.5 Å². The fraction of sp³-hybridized carbons (Fsp3) is 0.250. The van der Waals surface area contributed by atoms with E-state index in [2.05, 4.69) is 10.6 Å². The smallest absolute Gasteiger partial charge is 0.313 e. The summed E-state index contributed by atoms with van der Waals surface area (Å²) >= 11 is 1.54. The molecule has 24 heavy (non-hydrogen) atoms. The van der Waals surface area contributed by atoms with Crippen LogP contribution in [0.5, 0.6) is 11.5 Å². The molecule has 0 fully saturated rings. The normalized spacial score (nSPS) is 13.4. The Hall–Kier alpha value is -2.58. The topological polar surface area (TPSA) is 85.9 Å². The van der Waals surface area contributed by atoms with E-state index in [1.165, 1.54) is 0 Å². The second-order valence-electron chi connectivity index (χ2n) is 5.01. The first-order valence-electron chi connectivity index (χ1n) is 7.21. The number of methoxy groups -OCH3 is 1. The Bertz CT molecular complexity index is 732. The first kappa shape index (κ1) is 16.3. The summed E-state index contributed by atoms with van der Waals surface area (Å²) in [6.45, 7) is 0.356. The Morgan fingerprint density at radius 2 is 2.08 bits per heavy atom. The second-order valence-corrected chi connectivity index (χ2v) is 5.79. The maximum absolute atomic E-state index is 12.0. The molecule has 126 valence electrons. The average molecular weight is 348 g/mol. The van der Waals surface area contributed by atoms with Crippen molar-refractivity contribution in [2.24, 2.45) is 0 Å². The van der Waals surface area contributed by atoms with Crippen LogP contribution >= 0.6 is 11.3 Å². The predicted octanol–water partition coefficient (Wildman–Crippen LogP) is 1.92. The fourth-order valence-electron chi connectivity index (χ4n) is 2.22. The number of ether oxygens (including phenoxy) is 3. The van der Waals surface area contributed by atoms with E-state index in [0.29, 0.717) is 17.2 Å². The Morgan fingerprint density at radius 1 is 1.25 bits per heavy atom. The number of anilines is 1. The molecule has 0 bridgehead atoms. The standard InChI is InChI=1S/C16H16N2O5S/c1-21-14(10-4-5-24-8-10)7-17-15(19)16(20)18-11-2-3-12-13(6-11)23-9-22-12/h2-6,8,14H,7,9H2,1H3,(H,17,19)(H,18,20)/t14-/m1/s1. The molecule has 0 saturated carbocycles. The van der Waals surface area contributed by atoms with Gasteiger partial charge in [-0.15, -0.1) is 0 Å². The van der Waals surface area contributed by atoms with Gasteiger partial charge in [0.05, 0.1) is 0 Å². The van der Waals surface area contributed by atoms with Crippen LogP contribution in [-0.2, 0) is 14.3 Å². The highest BCUT2D eigenvalue weighted by atomic mass is 32.1. The fourth-order valence-corrected chi connectivity index (χ4v) is 2.93. The number of amides is 2. The zero-order valence-electron chi connectivity index (χ0n) is 12.9. The lowest BCUT2D eigenvalue weighted by atomic mass is 10.2. The predicted molar refractivity (Wildman–Crippen MR) is 88.3 cm³/mol. The molecule has 1 aliphatic rings. The van der Waals surface area contributed by atoms with Crippen LogP contribution in [-0.4, -0.2) is 32.3 Å². The van der Waals surface area contributed by atoms with Gasteiger partial charge in [-0.05, 0) is 34.5 Å². The molecule has 2 aromatic rings. The number of fused-ring (bicyclic) bond motifs is 1. The average Bonchev–Trinajstić information content (AvgIpc) is 3.26. The van der Waals surface area contributed by atoms with Gasteiger partial charge in [-0.3, -0.25) is 9.59 Å². The van der Waals surface area contributed by atoms with Gasteiger partial charge in [0.25, 0.3) is 0 Å². The minimum absolute atomic E-state index is 0.147. The summed E-state index contributed by atoms with van der Waals surface area (Å²) in [5, 5.41) is 8.95. The van der Waals surface area contributed by atoms with Crippen LogP contribution in [0, 0.1) is 0 Å². The first-order chi connectivity index (χ1) is 11.7. The van der Waals surface area contributed by atoms with Crippen LogP contribution in [0.15, 0.2) is 35.0 Å². The first-order valence-corrected chi connectivity index (χ1v) is 8.15. The lowest BCUT2D eigenvalue weighted by Gasteiger charge is -2.14. The van der Waals surface area contributed by atoms with Gasteiger partial charge in [-0.25, -0.2) is 0 Å². The summed E-state index contributed by atoms with van der Waals surface area (Å²) in [6, 6.07) is 6.84. The highest BCUT2D eigenvalue weighted by molar-refractivity contribution is 7.07. The van der Waals surface area contributed by atoms with Crippen LogP contribution < -0.4 is 20.1 Å². The summed E-state index contributed by atoms with van der Waals surface area (Å²) in [7, 11) is 1.56. The lowest BCUT2D eigenvalue weighted by molar-refractivity contribution is -0.136. The van der Waals surface area contributed by atoms with E-state index < -0.39 is 11.8 Å². The van der Waals surface area contributed by atoms with E-state index in [4.69, 9.17) is 14.2 Å².